The largest absolute Gasteiger partial charge is 0.497 e. The van der Waals surface area contributed by atoms with Crippen molar-refractivity contribution in [1.29, 1.82) is 0 Å². The zero-order valence-corrected chi connectivity index (χ0v) is 12.6. The van der Waals surface area contributed by atoms with E-state index in [1.807, 2.05) is 0 Å². The van der Waals surface area contributed by atoms with Gasteiger partial charge in [-0.05, 0) is 26.0 Å². The van der Waals surface area contributed by atoms with Gasteiger partial charge in [-0.3, -0.25) is 0 Å². The van der Waals surface area contributed by atoms with Gasteiger partial charge in [0.1, 0.15) is 11.8 Å². The van der Waals surface area contributed by atoms with Gasteiger partial charge in [-0.25, -0.2) is 4.79 Å². The van der Waals surface area contributed by atoms with Crippen molar-refractivity contribution >= 4 is 23.3 Å². The molecule has 0 aliphatic rings. The minimum absolute atomic E-state index is 0.337. The van der Waals surface area contributed by atoms with Crippen LogP contribution in [0, 0.1) is 6.92 Å². The van der Waals surface area contributed by atoms with E-state index in [9.17, 15) is 4.79 Å². The van der Waals surface area contributed by atoms with Gasteiger partial charge >= 0.3 is 6.03 Å². The lowest BCUT2D eigenvalue weighted by Crippen LogP contribution is -2.31. The first-order chi connectivity index (χ1) is 9.99. The fourth-order valence-corrected chi connectivity index (χ4v) is 1.85. The van der Waals surface area contributed by atoms with Gasteiger partial charge in [0.05, 0.1) is 17.8 Å². The third-order valence-corrected chi connectivity index (χ3v) is 3.00. The summed E-state index contributed by atoms with van der Waals surface area (Å²) in [4.78, 5) is 16.0. The maximum Gasteiger partial charge on any atom is 0.319 e. The average Bonchev–Trinajstić information content (AvgIpc) is 2.87. The van der Waals surface area contributed by atoms with Gasteiger partial charge in [0, 0.05) is 6.07 Å². The predicted molar refractivity (Wildman–Crippen MR) is 77.6 cm³/mol. The van der Waals surface area contributed by atoms with Crippen LogP contribution in [-0.2, 0) is 0 Å². The van der Waals surface area contributed by atoms with Gasteiger partial charge in [0.25, 0.3) is 0 Å². The first kappa shape index (κ1) is 15.1. The van der Waals surface area contributed by atoms with E-state index in [-0.39, 0.29) is 0 Å². The van der Waals surface area contributed by atoms with Crippen LogP contribution >= 0.6 is 11.6 Å². The van der Waals surface area contributed by atoms with E-state index in [1.54, 1.807) is 39.2 Å². The zero-order valence-electron chi connectivity index (χ0n) is 11.8. The Kier molecular flexibility index (Phi) is 4.64. The highest BCUT2D eigenvalue weighted by Crippen LogP contribution is 2.26. The highest BCUT2D eigenvalue weighted by Gasteiger charge is 2.16. The molecule has 8 heteroatoms. The minimum Gasteiger partial charge on any atom is -0.497 e. The van der Waals surface area contributed by atoms with E-state index in [4.69, 9.17) is 20.9 Å². The van der Waals surface area contributed by atoms with Gasteiger partial charge in [0.15, 0.2) is 5.82 Å². The van der Waals surface area contributed by atoms with Crippen molar-refractivity contribution in [2.75, 3.05) is 12.4 Å². The molecule has 21 heavy (non-hydrogen) atoms. The summed E-state index contributed by atoms with van der Waals surface area (Å²) in [5.74, 6) is 1.46. The number of nitrogens with zero attached hydrogens (tertiary/aromatic N) is 2. The van der Waals surface area contributed by atoms with Crippen LogP contribution in [0.2, 0.25) is 5.02 Å². The van der Waals surface area contributed by atoms with Crippen molar-refractivity contribution < 1.29 is 14.1 Å². The fraction of sp³-hybridized carbons (Fsp3) is 0.308. The lowest BCUT2D eigenvalue weighted by molar-refractivity contribution is 0.245. The number of anilines is 1. The van der Waals surface area contributed by atoms with Crippen LogP contribution in [0.3, 0.4) is 0 Å². The number of aromatic nitrogens is 2. The van der Waals surface area contributed by atoms with Gasteiger partial charge in [-0.15, -0.1) is 0 Å². The van der Waals surface area contributed by atoms with Gasteiger partial charge in [-0.2, -0.15) is 4.98 Å². The van der Waals surface area contributed by atoms with Crippen molar-refractivity contribution in [2.45, 2.75) is 19.9 Å². The number of aryl methyl sites for hydroxylation is 1. The Balaban J connectivity index is 1.98. The zero-order chi connectivity index (χ0) is 15.4. The lowest BCUT2D eigenvalue weighted by Gasteiger charge is -2.12. The van der Waals surface area contributed by atoms with E-state index < -0.39 is 12.1 Å². The molecule has 0 aliphatic heterocycles. The fourth-order valence-electron chi connectivity index (χ4n) is 1.63. The molecule has 0 saturated carbocycles. The number of nitrogens with one attached hydrogen (secondary N) is 2. The number of halogens is 1. The molecule has 0 radical (unpaired) electrons. The summed E-state index contributed by atoms with van der Waals surface area (Å²) in [7, 11) is 1.54. The first-order valence-corrected chi connectivity index (χ1v) is 6.58. The molecular weight excluding hydrogens is 296 g/mol. The molecule has 0 aliphatic carbocycles. The van der Waals surface area contributed by atoms with Gasteiger partial charge < -0.3 is 19.9 Å². The molecule has 1 heterocycles. The minimum atomic E-state index is -0.426. The quantitative estimate of drug-likeness (QED) is 0.906. The number of urea groups is 1. The predicted octanol–water partition coefficient (Wildman–Crippen LogP) is 2.92. The summed E-state index contributed by atoms with van der Waals surface area (Å²) in [5.41, 5.74) is 0.476. The lowest BCUT2D eigenvalue weighted by atomic mass is 10.3. The molecule has 2 rings (SSSR count). The third kappa shape index (κ3) is 3.85. The number of amides is 2. The number of ether oxygens (including phenoxy) is 1. The van der Waals surface area contributed by atoms with Crippen LogP contribution in [0.5, 0.6) is 5.75 Å². The molecule has 7 nitrogen and oxygen atoms in total. The van der Waals surface area contributed by atoms with Crippen molar-refractivity contribution in [3.8, 4) is 5.75 Å². The second-order valence-electron chi connectivity index (χ2n) is 4.35. The van der Waals surface area contributed by atoms with E-state index in [0.717, 1.165) is 0 Å². The molecule has 2 aromatic rings. The second kappa shape index (κ2) is 6.45. The summed E-state index contributed by atoms with van der Waals surface area (Å²) in [6, 6.07) is 4.13. The summed E-state index contributed by atoms with van der Waals surface area (Å²) in [5, 5.41) is 9.37. The second-order valence-corrected chi connectivity index (χ2v) is 4.75. The van der Waals surface area contributed by atoms with Gasteiger partial charge in [-0.1, -0.05) is 16.8 Å². The molecular formula is C13H15ClN4O3. The number of carbonyl (C=O) groups is 1. The van der Waals surface area contributed by atoms with Crippen molar-refractivity contribution in [2.24, 2.45) is 0 Å². The van der Waals surface area contributed by atoms with Crippen molar-refractivity contribution in [3.63, 3.8) is 0 Å². The molecule has 2 amide bonds. The van der Waals surface area contributed by atoms with Crippen LogP contribution < -0.4 is 15.4 Å². The molecule has 0 unspecified atom stereocenters. The standard InChI is InChI=1S/C13H15ClN4O3/c1-7(12-16-8(2)18-21-12)15-13(19)17-11-5-4-9(20-3)6-10(11)14/h4-7H,1-3H3,(H2,15,17,19)/t7-/m0/s1. The number of benzene rings is 1. The maximum absolute atomic E-state index is 11.9. The van der Waals surface area contributed by atoms with Crippen LogP contribution in [0.25, 0.3) is 0 Å². The van der Waals surface area contributed by atoms with E-state index >= 15 is 0 Å². The smallest absolute Gasteiger partial charge is 0.319 e. The molecule has 0 bridgehead atoms. The summed E-state index contributed by atoms with van der Waals surface area (Å²) < 4.78 is 10.0. The Morgan fingerprint density at radius 2 is 2.24 bits per heavy atom. The normalized spacial score (nSPS) is 11.8. The Morgan fingerprint density at radius 3 is 2.81 bits per heavy atom. The third-order valence-electron chi connectivity index (χ3n) is 2.69. The van der Waals surface area contributed by atoms with Gasteiger partial charge in [0.2, 0.25) is 5.89 Å². The Bertz CT molecular complexity index is 644. The van der Waals surface area contributed by atoms with Crippen molar-refractivity contribution in [3.05, 3.63) is 34.9 Å². The van der Waals surface area contributed by atoms with E-state index in [1.165, 1.54) is 0 Å². The molecule has 2 N–H and O–H groups in total. The molecule has 0 spiro atoms. The summed E-state index contributed by atoms with van der Waals surface area (Å²) >= 11 is 6.05. The number of hydrogen-bond donors (Lipinski definition) is 2. The highest BCUT2D eigenvalue weighted by molar-refractivity contribution is 6.33. The topological polar surface area (TPSA) is 89.3 Å². The average molecular weight is 311 g/mol. The Morgan fingerprint density at radius 1 is 1.48 bits per heavy atom. The van der Waals surface area contributed by atoms with Crippen LogP contribution in [-0.4, -0.2) is 23.3 Å². The Hall–Kier alpha value is -2.28. The number of carbonyl (C=O) groups excluding carboxylic acids is 1. The SMILES string of the molecule is COc1ccc(NC(=O)N[C@@H](C)c2nc(C)no2)c(Cl)c1. The van der Waals surface area contributed by atoms with Crippen LogP contribution in [0.4, 0.5) is 10.5 Å². The van der Waals surface area contributed by atoms with Crippen LogP contribution in [0.15, 0.2) is 22.7 Å². The molecule has 1 atom stereocenters. The molecule has 112 valence electrons. The maximum atomic E-state index is 11.9. The van der Waals surface area contributed by atoms with E-state index in [2.05, 4.69) is 20.8 Å². The number of hydrogen-bond acceptors (Lipinski definition) is 5. The number of methoxy groups -OCH3 is 1. The first-order valence-electron chi connectivity index (χ1n) is 6.21. The monoisotopic (exact) mass is 310 g/mol. The highest BCUT2D eigenvalue weighted by atomic mass is 35.5. The van der Waals surface area contributed by atoms with Crippen LogP contribution in [0.1, 0.15) is 24.7 Å². The molecule has 0 fully saturated rings. The number of rotatable bonds is 4. The molecule has 1 aromatic heterocycles. The summed E-state index contributed by atoms with van der Waals surface area (Å²) in [6.07, 6.45) is 0. The Labute approximate surface area is 126 Å². The molecule has 0 saturated heterocycles. The summed E-state index contributed by atoms with van der Waals surface area (Å²) in [6.45, 7) is 3.44. The molecule has 1 aromatic carbocycles. The van der Waals surface area contributed by atoms with Crippen molar-refractivity contribution in [1.82, 2.24) is 15.5 Å². The van der Waals surface area contributed by atoms with E-state index in [0.29, 0.717) is 28.2 Å².